The molecule has 0 fully saturated rings. The SMILES string of the molecule is CCCCCCCCCCCCCCCCCc1cc[n+](CCCCCC)cc1CCCCCCCCCCCCCCCCC. The molecule has 0 N–H and O–H groups in total. The Morgan fingerprint density at radius 2 is 0.609 bits per heavy atom. The quantitative estimate of drug-likeness (QED) is 0.0503. The molecule has 0 saturated carbocycles. The highest BCUT2D eigenvalue weighted by Crippen LogP contribution is 2.18. The van der Waals surface area contributed by atoms with E-state index in [4.69, 9.17) is 0 Å². The maximum atomic E-state index is 2.54. The Bertz CT molecular complexity index is 724. The lowest BCUT2D eigenvalue weighted by molar-refractivity contribution is -0.697. The van der Waals surface area contributed by atoms with E-state index in [2.05, 4.69) is 43.8 Å². The van der Waals surface area contributed by atoms with Gasteiger partial charge in [-0.3, -0.25) is 0 Å². The Morgan fingerprint density at radius 1 is 0.326 bits per heavy atom. The van der Waals surface area contributed by atoms with E-state index in [1.807, 2.05) is 0 Å². The zero-order valence-corrected chi connectivity index (χ0v) is 32.3. The molecule has 1 heterocycles. The summed E-state index contributed by atoms with van der Waals surface area (Å²) in [5.74, 6) is 0. The van der Waals surface area contributed by atoms with E-state index in [1.165, 1.54) is 238 Å². The Labute approximate surface area is 291 Å². The summed E-state index contributed by atoms with van der Waals surface area (Å²) in [7, 11) is 0. The topological polar surface area (TPSA) is 3.88 Å². The number of unbranched alkanes of at least 4 members (excludes halogenated alkanes) is 31. The lowest BCUT2D eigenvalue weighted by Crippen LogP contribution is -2.33. The molecular weight excluding hydrogens is 555 g/mol. The van der Waals surface area contributed by atoms with E-state index in [0.717, 1.165) is 0 Å². The second-order valence-electron chi connectivity index (χ2n) is 15.2. The third-order valence-corrected chi connectivity index (χ3v) is 10.6. The fraction of sp³-hybridized carbons (Fsp3) is 0.889. The van der Waals surface area contributed by atoms with E-state index in [9.17, 15) is 0 Å². The standard InChI is InChI=1S/C45H86N/c1-4-7-10-13-15-17-19-21-23-25-27-29-31-33-35-38-44-40-42-46(41-37-12-9-6-3)43-45(44)39-36-34-32-30-28-26-24-22-20-18-16-14-11-8-5-2/h40,42-43H,4-39,41H2,1-3H3/q+1. The molecule has 1 rings (SSSR count). The summed E-state index contributed by atoms with van der Waals surface area (Å²) in [5.41, 5.74) is 3.32. The molecule has 0 aliphatic rings. The van der Waals surface area contributed by atoms with Gasteiger partial charge in [-0.2, -0.15) is 0 Å². The summed E-state index contributed by atoms with van der Waals surface area (Å²) in [5, 5.41) is 0. The zero-order valence-electron chi connectivity index (χ0n) is 32.3. The van der Waals surface area contributed by atoms with Crippen molar-refractivity contribution in [3.8, 4) is 0 Å². The number of rotatable bonds is 37. The lowest BCUT2D eigenvalue weighted by Gasteiger charge is -2.10. The van der Waals surface area contributed by atoms with Gasteiger partial charge in [0.2, 0.25) is 0 Å². The van der Waals surface area contributed by atoms with Crippen molar-refractivity contribution < 1.29 is 4.57 Å². The minimum atomic E-state index is 1.20. The number of pyridine rings is 1. The third-order valence-electron chi connectivity index (χ3n) is 10.6. The van der Waals surface area contributed by atoms with Crippen LogP contribution in [0.2, 0.25) is 0 Å². The normalized spacial score (nSPS) is 11.5. The molecule has 1 aromatic rings. The molecule has 1 aromatic heterocycles. The number of aromatic nitrogens is 1. The summed E-state index contributed by atoms with van der Waals surface area (Å²) >= 11 is 0. The highest BCUT2D eigenvalue weighted by Gasteiger charge is 2.10. The summed E-state index contributed by atoms with van der Waals surface area (Å²) < 4.78 is 2.51. The van der Waals surface area contributed by atoms with Crippen LogP contribution in [0.3, 0.4) is 0 Å². The number of nitrogens with zero attached hydrogens (tertiary/aromatic N) is 1. The van der Waals surface area contributed by atoms with Crippen molar-refractivity contribution in [2.75, 3.05) is 0 Å². The third kappa shape index (κ3) is 28.2. The van der Waals surface area contributed by atoms with Gasteiger partial charge < -0.3 is 0 Å². The van der Waals surface area contributed by atoms with Crippen LogP contribution >= 0.6 is 0 Å². The van der Waals surface area contributed by atoms with Crippen LogP contribution < -0.4 is 4.57 Å². The van der Waals surface area contributed by atoms with Gasteiger partial charge in [-0.1, -0.05) is 213 Å². The van der Waals surface area contributed by atoms with Crippen LogP contribution in [-0.4, -0.2) is 0 Å². The molecule has 0 unspecified atom stereocenters. The van der Waals surface area contributed by atoms with Gasteiger partial charge >= 0.3 is 0 Å². The lowest BCUT2D eigenvalue weighted by atomic mass is 9.97. The Hall–Kier alpha value is -0.850. The van der Waals surface area contributed by atoms with Crippen LogP contribution in [-0.2, 0) is 19.4 Å². The number of hydrogen-bond donors (Lipinski definition) is 0. The van der Waals surface area contributed by atoms with Gasteiger partial charge in [0.15, 0.2) is 12.4 Å². The molecule has 0 spiro atoms. The van der Waals surface area contributed by atoms with E-state index < -0.39 is 0 Å². The average molecular weight is 641 g/mol. The molecule has 0 atom stereocenters. The van der Waals surface area contributed by atoms with Crippen LogP contribution in [0.4, 0.5) is 0 Å². The molecule has 0 saturated heterocycles. The Balaban J connectivity index is 2.18. The van der Waals surface area contributed by atoms with Crippen molar-refractivity contribution >= 4 is 0 Å². The van der Waals surface area contributed by atoms with Crippen LogP contribution in [0.15, 0.2) is 18.5 Å². The summed E-state index contributed by atoms with van der Waals surface area (Å²) in [6.45, 7) is 8.14. The van der Waals surface area contributed by atoms with Gasteiger partial charge in [-0.25, -0.2) is 4.57 Å². The van der Waals surface area contributed by atoms with E-state index in [0.29, 0.717) is 0 Å². The van der Waals surface area contributed by atoms with Crippen LogP contribution in [0.25, 0.3) is 0 Å². The van der Waals surface area contributed by atoms with Crippen molar-refractivity contribution in [2.45, 2.75) is 258 Å². The molecule has 0 radical (unpaired) electrons. The Kier molecular flexibility index (Phi) is 33.3. The molecule has 0 aliphatic carbocycles. The highest BCUT2D eigenvalue weighted by atomic mass is 14.9. The minimum absolute atomic E-state index is 1.20. The smallest absolute Gasteiger partial charge is 0.172 e. The van der Waals surface area contributed by atoms with Gasteiger partial charge in [0.1, 0.15) is 6.54 Å². The molecule has 46 heavy (non-hydrogen) atoms. The van der Waals surface area contributed by atoms with Crippen molar-refractivity contribution in [3.05, 3.63) is 29.6 Å². The number of hydrogen-bond acceptors (Lipinski definition) is 0. The van der Waals surface area contributed by atoms with E-state index in [-0.39, 0.29) is 0 Å². The van der Waals surface area contributed by atoms with Gasteiger partial charge in [0.25, 0.3) is 0 Å². The Morgan fingerprint density at radius 3 is 0.957 bits per heavy atom. The van der Waals surface area contributed by atoms with Crippen LogP contribution in [0.1, 0.15) is 250 Å². The fourth-order valence-electron chi connectivity index (χ4n) is 7.32. The predicted molar refractivity (Wildman–Crippen MR) is 208 cm³/mol. The first-order valence-corrected chi connectivity index (χ1v) is 21.8. The summed E-state index contributed by atoms with van der Waals surface area (Å²) in [4.78, 5) is 0. The second-order valence-corrected chi connectivity index (χ2v) is 15.2. The average Bonchev–Trinajstić information content (AvgIpc) is 3.07. The van der Waals surface area contributed by atoms with Crippen molar-refractivity contribution in [1.29, 1.82) is 0 Å². The van der Waals surface area contributed by atoms with Crippen LogP contribution in [0.5, 0.6) is 0 Å². The summed E-state index contributed by atoms with van der Waals surface area (Å²) in [6.07, 6.45) is 56.4. The largest absolute Gasteiger partial charge is 0.205 e. The van der Waals surface area contributed by atoms with E-state index >= 15 is 0 Å². The maximum Gasteiger partial charge on any atom is 0.172 e. The highest BCUT2D eigenvalue weighted by molar-refractivity contribution is 5.21. The fourth-order valence-corrected chi connectivity index (χ4v) is 7.32. The zero-order chi connectivity index (χ0) is 33.0. The first-order chi connectivity index (χ1) is 22.8. The molecule has 0 bridgehead atoms. The first kappa shape index (κ1) is 43.2. The van der Waals surface area contributed by atoms with Crippen molar-refractivity contribution in [1.82, 2.24) is 0 Å². The second kappa shape index (κ2) is 35.5. The van der Waals surface area contributed by atoms with Gasteiger partial charge in [-0.15, -0.1) is 0 Å². The molecule has 0 aliphatic heterocycles. The van der Waals surface area contributed by atoms with Gasteiger partial charge in [-0.05, 0) is 37.7 Å². The van der Waals surface area contributed by atoms with Gasteiger partial charge in [0, 0.05) is 18.1 Å². The van der Waals surface area contributed by atoms with E-state index in [1.54, 1.807) is 11.1 Å². The monoisotopic (exact) mass is 641 g/mol. The summed E-state index contributed by atoms with van der Waals surface area (Å²) in [6, 6.07) is 2.49. The van der Waals surface area contributed by atoms with Crippen LogP contribution in [0, 0.1) is 0 Å². The maximum absolute atomic E-state index is 2.54. The molecule has 1 nitrogen and oxygen atoms in total. The minimum Gasteiger partial charge on any atom is -0.205 e. The molecule has 0 amide bonds. The molecule has 270 valence electrons. The molecular formula is C45H86N+. The van der Waals surface area contributed by atoms with Gasteiger partial charge in [0.05, 0.1) is 0 Å². The number of aryl methyl sites for hydroxylation is 3. The van der Waals surface area contributed by atoms with Crippen molar-refractivity contribution in [3.63, 3.8) is 0 Å². The molecule has 1 heteroatoms. The first-order valence-electron chi connectivity index (χ1n) is 21.8. The molecule has 0 aromatic carbocycles. The predicted octanol–water partition coefficient (Wildman–Crippen LogP) is 15.4. The van der Waals surface area contributed by atoms with Crippen molar-refractivity contribution in [2.24, 2.45) is 0 Å².